The summed E-state index contributed by atoms with van der Waals surface area (Å²) in [5.74, 6) is 1.82. The normalized spacial score (nSPS) is 12.1. The molecule has 1 N–H and O–H groups in total. The molecule has 0 aliphatic rings. The molecular formula is C45H56IrNO3-. The Hall–Kier alpha value is -3.53. The van der Waals surface area contributed by atoms with Crippen molar-refractivity contribution in [2.75, 3.05) is 0 Å². The number of aromatic nitrogens is 1. The van der Waals surface area contributed by atoms with E-state index in [-0.39, 0.29) is 48.9 Å². The van der Waals surface area contributed by atoms with E-state index in [0.29, 0.717) is 5.92 Å². The third-order valence-electron chi connectivity index (χ3n) is 9.43. The van der Waals surface area contributed by atoms with E-state index < -0.39 is 0 Å². The van der Waals surface area contributed by atoms with Gasteiger partial charge >= 0.3 is 0 Å². The number of carbonyl (C=O) groups excluding carboxylic acids is 1. The van der Waals surface area contributed by atoms with Crippen LogP contribution in [0.2, 0.25) is 0 Å². The summed E-state index contributed by atoms with van der Waals surface area (Å²) in [7, 11) is 0. The molecule has 0 spiro atoms. The quantitative estimate of drug-likeness (QED) is 0.0817. The zero-order chi connectivity index (χ0) is 35.9. The molecule has 4 nitrogen and oxygen atoms in total. The fourth-order valence-corrected chi connectivity index (χ4v) is 6.53. The number of rotatable bonds is 11. The summed E-state index contributed by atoms with van der Waals surface area (Å²) in [5.41, 5.74) is 8.04. The number of ketones is 1. The fraction of sp³-hybridized carbons (Fsp3) is 0.422. The van der Waals surface area contributed by atoms with Crippen molar-refractivity contribution in [1.29, 1.82) is 0 Å². The number of fused-ring (bicyclic) bond motifs is 2. The second kappa shape index (κ2) is 18.1. The second-order valence-electron chi connectivity index (χ2n) is 15.0. The average molecular weight is 851 g/mol. The van der Waals surface area contributed by atoms with Crippen LogP contribution in [0.25, 0.3) is 44.3 Å². The summed E-state index contributed by atoms with van der Waals surface area (Å²) < 4.78 is 6.29. The van der Waals surface area contributed by atoms with Gasteiger partial charge in [-0.2, -0.15) is 0 Å². The first-order valence-corrected chi connectivity index (χ1v) is 18.2. The zero-order valence-electron chi connectivity index (χ0n) is 31.7. The van der Waals surface area contributed by atoms with Crippen LogP contribution < -0.4 is 0 Å². The van der Waals surface area contributed by atoms with E-state index in [4.69, 9.17) is 9.40 Å². The first-order valence-electron chi connectivity index (χ1n) is 18.2. The number of hydrogen-bond acceptors (Lipinski definition) is 4. The number of aryl methyl sites for hydroxylation is 1. The summed E-state index contributed by atoms with van der Waals surface area (Å²) in [5, 5.41) is 13.2. The molecule has 0 aliphatic carbocycles. The van der Waals surface area contributed by atoms with Gasteiger partial charge in [0, 0.05) is 60.9 Å². The van der Waals surface area contributed by atoms with Crippen LogP contribution in [0.4, 0.5) is 0 Å². The number of carbonyl (C=O) groups is 1. The minimum absolute atomic E-state index is 0. The molecule has 0 saturated carbocycles. The molecule has 269 valence electrons. The standard InChI is InChI=1S/C32H32NO.C13H24O2.Ir/c1-20(2)27-17-25(16-24-15-21(3)7-12-26(24)27)31-28-18-30(34-29(28)13-14-33-31)23-10-8-22(9-11-23)19-32(4,5)6;1-5-10(6-2)12(14)9-13(15)11(7-3)8-4;/h7-15,17-18,20H,19H2,1-6H3;9-11,14H,5-8H2,1-4H3;/q-1;;/b;12-9-;. The van der Waals surface area contributed by atoms with Gasteiger partial charge in [0.15, 0.2) is 5.78 Å². The summed E-state index contributed by atoms with van der Waals surface area (Å²) in [6.45, 7) is 21.5. The minimum atomic E-state index is 0. The molecule has 5 rings (SSSR count). The maximum absolute atomic E-state index is 11.7. The first-order chi connectivity index (χ1) is 23.3. The van der Waals surface area contributed by atoms with Gasteiger partial charge in [-0.1, -0.05) is 115 Å². The molecule has 0 fully saturated rings. The van der Waals surface area contributed by atoms with Gasteiger partial charge in [-0.15, -0.1) is 29.1 Å². The molecule has 0 aliphatic heterocycles. The van der Waals surface area contributed by atoms with E-state index >= 15 is 0 Å². The summed E-state index contributed by atoms with van der Waals surface area (Å²) in [6, 6.07) is 25.3. The third kappa shape index (κ3) is 10.3. The predicted octanol–water partition coefficient (Wildman–Crippen LogP) is 13.0. The van der Waals surface area contributed by atoms with Crippen molar-refractivity contribution in [3.63, 3.8) is 0 Å². The number of aliphatic hydroxyl groups excluding tert-OH is 1. The molecule has 5 heteroatoms. The molecule has 0 bridgehead atoms. The molecule has 5 aromatic rings. The maximum Gasteiger partial charge on any atom is 0.162 e. The molecule has 0 saturated heterocycles. The van der Waals surface area contributed by atoms with E-state index in [2.05, 4.69) is 102 Å². The molecule has 50 heavy (non-hydrogen) atoms. The summed E-state index contributed by atoms with van der Waals surface area (Å²) in [4.78, 5) is 16.5. The minimum Gasteiger partial charge on any atom is -0.512 e. The van der Waals surface area contributed by atoms with Crippen LogP contribution >= 0.6 is 0 Å². The summed E-state index contributed by atoms with van der Waals surface area (Å²) in [6.07, 6.45) is 7.79. The predicted molar refractivity (Wildman–Crippen MR) is 207 cm³/mol. The van der Waals surface area contributed by atoms with Crippen molar-refractivity contribution in [3.8, 4) is 22.6 Å². The Morgan fingerprint density at radius 3 is 2.10 bits per heavy atom. The van der Waals surface area contributed by atoms with Crippen LogP contribution in [0.3, 0.4) is 0 Å². The molecule has 0 atom stereocenters. The van der Waals surface area contributed by atoms with Gasteiger partial charge in [0.05, 0.1) is 5.76 Å². The third-order valence-corrected chi connectivity index (χ3v) is 9.43. The molecule has 2 aromatic heterocycles. The molecule has 0 amide bonds. The SMILES string of the molecule is CCC(CC)C(=O)/C=C(\O)C(CC)CC.Cc1ccc2c(C(C)C)cc(-c3nccc4oc(-c5ccc(CC(C)(C)C)cc5)cc34)[c-]c2c1.[Ir]. The monoisotopic (exact) mass is 851 g/mol. The Morgan fingerprint density at radius 1 is 0.880 bits per heavy atom. The average Bonchev–Trinajstić information content (AvgIpc) is 3.50. The Balaban J connectivity index is 0.000000361. The van der Waals surface area contributed by atoms with Gasteiger partial charge in [0.25, 0.3) is 0 Å². The molecule has 3 aromatic carbocycles. The van der Waals surface area contributed by atoms with Crippen LogP contribution in [0.1, 0.15) is 111 Å². The fourth-order valence-electron chi connectivity index (χ4n) is 6.53. The van der Waals surface area contributed by atoms with Crippen molar-refractivity contribution in [2.24, 2.45) is 17.3 Å². The largest absolute Gasteiger partial charge is 0.512 e. The van der Waals surface area contributed by atoms with Crippen molar-refractivity contribution in [2.45, 2.75) is 107 Å². The number of pyridine rings is 1. The Labute approximate surface area is 314 Å². The Morgan fingerprint density at radius 2 is 1.52 bits per heavy atom. The van der Waals surface area contributed by atoms with Crippen LogP contribution in [0.5, 0.6) is 0 Å². The van der Waals surface area contributed by atoms with E-state index in [0.717, 1.165) is 71.0 Å². The number of furan rings is 1. The van der Waals surface area contributed by atoms with E-state index in [9.17, 15) is 9.90 Å². The number of benzene rings is 3. The van der Waals surface area contributed by atoms with Crippen molar-refractivity contribution < 1.29 is 34.4 Å². The van der Waals surface area contributed by atoms with Gasteiger partial charge in [0.2, 0.25) is 0 Å². The van der Waals surface area contributed by atoms with Crippen molar-refractivity contribution in [1.82, 2.24) is 4.98 Å². The van der Waals surface area contributed by atoms with Crippen LogP contribution in [0.15, 0.2) is 83.1 Å². The van der Waals surface area contributed by atoms with E-state index in [1.165, 1.54) is 28.2 Å². The number of hydrogen-bond donors (Lipinski definition) is 1. The number of aliphatic hydroxyl groups is 1. The van der Waals surface area contributed by atoms with Gasteiger partial charge in [-0.25, -0.2) is 0 Å². The van der Waals surface area contributed by atoms with Crippen LogP contribution in [-0.2, 0) is 31.3 Å². The number of nitrogens with zero attached hydrogens (tertiary/aromatic N) is 1. The van der Waals surface area contributed by atoms with E-state index in [1.54, 1.807) is 0 Å². The number of allylic oxidation sites excluding steroid dienone is 2. The van der Waals surface area contributed by atoms with Crippen molar-refractivity contribution >= 4 is 27.5 Å². The maximum atomic E-state index is 11.7. The van der Waals surface area contributed by atoms with E-state index in [1.807, 2.05) is 40.0 Å². The van der Waals surface area contributed by atoms with Gasteiger partial charge < -0.3 is 9.52 Å². The Kier molecular flexibility index (Phi) is 14.8. The molecule has 2 heterocycles. The summed E-state index contributed by atoms with van der Waals surface area (Å²) >= 11 is 0. The zero-order valence-corrected chi connectivity index (χ0v) is 34.1. The molecular weight excluding hydrogens is 795 g/mol. The van der Waals surface area contributed by atoms with Crippen LogP contribution in [-0.4, -0.2) is 15.9 Å². The second-order valence-corrected chi connectivity index (χ2v) is 15.0. The molecule has 1 radical (unpaired) electrons. The van der Waals surface area contributed by atoms with Crippen molar-refractivity contribution in [3.05, 3.63) is 101 Å². The van der Waals surface area contributed by atoms with Gasteiger partial charge in [-0.3, -0.25) is 9.78 Å². The van der Waals surface area contributed by atoms with Gasteiger partial charge in [0.1, 0.15) is 11.3 Å². The smallest absolute Gasteiger partial charge is 0.162 e. The Bertz CT molecular complexity index is 1880. The topological polar surface area (TPSA) is 63.3 Å². The first kappa shape index (κ1) is 40.9. The molecule has 0 unspecified atom stereocenters. The van der Waals surface area contributed by atoms with Crippen LogP contribution in [0, 0.1) is 30.2 Å². The van der Waals surface area contributed by atoms with Gasteiger partial charge in [-0.05, 0) is 68.1 Å².